The van der Waals surface area contributed by atoms with Gasteiger partial charge in [-0.1, -0.05) is 0 Å². The number of esters is 1. The quantitative estimate of drug-likeness (QED) is 0.371. The van der Waals surface area contributed by atoms with E-state index in [1.165, 1.54) is 0 Å². The lowest BCUT2D eigenvalue weighted by Gasteiger charge is -1.97. The zero-order valence-electron chi connectivity index (χ0n) is 4.07. The number of hydrogen-bond acceptors (Lipinski definition) is 4. The van der Waals surface area contributed by atoms with Gasteiger partial charge >= 0.3 is 5.97 Å². The molecule has 0 bridgehead atoms. The number of ether oxygens (including phenoxy) is 1. The smallest absolute Gasteiger partial charge is 0.337 e. The minimum atomic E-state index is -1.32. The van der Waals surface area contributed by atoms with Crippen molar-refractivity contribution in [2.24, 2.45) is 0 Å². The van der Waals surface area contributed by atoms with Crippen LogP contribution in [0.1, 0.15) is 0 Å². The number of carbonyl (C=O) groups is 1. The van der Waals surface area contributed by atoms with Crippen molar-refractivity contribution in [2.45, 2.75) is 12.2 Å². The van der Waals surface area contributed by atoms with Crippen molar-refractivity contribution in [1.82, 2.24) is 0 Å². The molecule has 4 heteroatoms. The molecule has 4 nitrogen and oxygen atoms in total. The Morgan fingerprint density at radius 2 is 2.25 bits per heavy atom. The molecule has 1 rings (SSSR count). The van der Waals surface area contributed by atoms with Gasteiger partial charge in [0.25, 0.3) is 0 Å². The lowest BCUT2D eigenvalue weighted by Crippen LogP contribution is -2.25. The molecule has 1 fully saturated rings. The molecule has 0 saturated carbocycles. The van der Waals surface area contributed by atoms with Crippen molar-refractivity contribution in [2.75, 3.05) is 6.61 Å². The molecule has 1 unspecified atom stereocenters. The summed E-state index contributed by atoms with van der Waals surface area (Å²) >= 11 is 0. The fourth-order valence-corrected chi connectivity index (χ4v) is 0.501. The first-order valence-corrected chi connectivity index (χ1v) is 2.24. The van der Waals surface area contributed by atoms with E-state index in [2.05, 4.69) is 4.74 Å². The summed E-state index contributed by atoms with van der Waals surface area (Å²) in [6, 6.07) is 0. The minimum Gasteiger partial charge on any atom is -0.461 e. The van der Waals surface area contributed by atoms with Gasteiger partial charge in [0.15, 0.2) is 6.10 Å². The van der Waals surface area contributed by atoms with E-state index in [1.807, 2.05) is 0 Å². The largest absolute Gasteiger partial charge is 0.461 e. The van der Waals surface area contributed by atoms with Crippen LogP contribution in [0.4, 0.5) is 0 Å². The van der Waals surface area contributed by atoms with Crippen molar-refractivity contribution in [3.05, 3.63) is 0 Å². The van der Waals surface area contributed by atoms with Crippen molar-refractivity contribution in [3.63, 3.8) is 0 Å². The van der Waals surface area contributed by atoms with Crippen LogP contribution in [0, 0.1) is 0 Å². The molecule has 46 valence electrons. The molecule has 0 aromatic heterocycles. The Morgan fingerprint density at radius 3 is 2.38 bits per heavy atom. The molecule has 0 amide bonds. The van der Waals surface area contributed by atoms with Crippen LogP contribution in [-0.2, 0) is 9.53 Å². The normalized spacial score (nSPS) is 37.5. The second kappa shape index (κ2) is 1.72. The average molecular weight is 118 g/mol. The van der Waals surface area contributed by atoms with Crippen LogP contribution >= 0.6 is 0 Å². The van der Waals surface area contributed by atoms with Crippen LogP contribution < -0.4 is 0 Å². The Bertz CT molecular complexity index is 111. The maximum Gasteiger partial charge on any atom is 0.337 e. The van der Waals surface area contributed by atoms with Crippen molar-refractivity contribution in [3.8, 4) is 0 Å². The van der Waals surface area contributed by atoms with Gasteiger partial charge in [0.05, 0.1) is 0 Å². The highest BCUT2D eigenvalue weighted by Crippen LogP contribution is 2.05. The fourth-order valence-electron chi connectivity index (χ4n) is 0.501. The summed E-state index contributed by atoms with van der Waals surface area (Å²) in [6.07, 6.45) is -2.35. The third-order valence-electron chi connectivity index (χ3n) is 1.00. The maximum atomic E-state index is 10.2. The zero-order valence-corrected chi connectivity index (χ0v) is 4.07. The van der Waals surface area contributed by atoms with E-state index in [0.717, 1.165) is 0 Å². The monoisotopic (exact) mass is 118 g/mol. The van der Waals surface area contributed by atoms with Gasteiger partial charge in [0, 0.05) is 0 Å². The van der Waals surface area contributed by atoms with E-state index in [9.17, 15) is 4.79 Å². The minimum absolute atomic E-state index is 0.0833. The van der Waals surface area contributed by atoms with Gasteiger partial charge in [0.2, 0.25) is 0 Å². The highest BCUT2D eigenvalue weighted by Gasteiger charge is 2.33. The summed E-state index contributed by atoms with van der Waals surface area (Å²) in [7, 11) is 0. The van der Waals surface area contributed by atoms with E-state index >= 15 is 0 Å². The third-order valence-corrected chi connectivity index (χ3v) is 1.00. The second-order valence-electron chi connectivity index (χ2n) is 1.64. The van der Waals surface area contributed by atoms with E-state index in [0.29, 0.717) is 0 Å². The van der Waals surface area contributed by atoms with Gasteiger partial charge < -0.3 is 14.9 Å². The number of carbonyl (C=O) groups excluding carboxylic acids is 1. The van der Waals surface area contributed by atoms with Gasteiger partial charge in [-0.3, -0.25) is 0 Å². The predicted molar refractivity (Wildman–Crippen MR) is 23.0 cm³/mol. The summed E-state index contributed by atoms with van der Waals surface area (Å²) < 4.78 is 4.24. The van der Waals surface area contributed by atoms with E-state index in [-0.39, 0.29) is 6.61 Å². The second-order valence-corrected chi connectivity index (χ2v) is 1.64. The van der Waals surface area contributed by atoms with Crippen LogP contribution in [0.15, 0.2) is 0 Å². The standard InChI is InChI=1S/C4H6O4/c5-2-1-8-4(7)3(2)6/h2-3,5-6H,1H2/t2?,3-/m0/s1. The topological polar surface area (TPSA) is 66.8 Å². The lowest BCUT2D eigenvalue weighted by molar-refractivity contribution is -0.145. The fraction of sp³-hybridized carbons (Fsp3) is 0.750. The molecular weight excluding hydrogens is 112 g/mol. The lowest BCUT2D eigenvalue weighted by atomic mass is 10.3. The van der Waals surface area contributed by atoms with Gasteiger partial charge in [-0.2, -0.15) is 0 Å². The first-order chi connectivity index (χ1) is 3.72. The summed E-state index contributed by atoms with van der Waals surface area (Å²) in [6.45, 7) is -0.0833. The Hall–Kier alpha value is -0.610. The molecule has 0 aromatic carbocycles. The molecule has 1 aliphatic heterocycles. The Kier molecular flexibility index (Phi) is 1.19. The molecule has 2 N–H and O–H groups in total. The van der Waals surface area contributed by atoms with E-state index in [4.69, 9.17) is 10.2 Å². The Morgan fingerprint density at radius 1 is 1.62 bits per heavy atom. The van der Waals surface area contributed by atoms with E-state index in [1.54, 1.807) is 0 Å². The third kappa shape index (κ3) is 0.677. The van der Waals surface area contributed by atoms with Crippen LogP contribution in [0.3, 0.4) is 0 Å². The number of rotatable bonds is 0. The van der Waals surface area contributed by atoms with Gasteiger partial charge in [0.1, 0.15) is 12.7 Å². The van der Waals surface area contributed by atoms with Crippen molar-refractivity contribution in [1.29, 1.82) is 0 Å². The van der Waals surface area contributed by atoms with Crippen LogP contribution in [0.5, 0.6) is 0 Å². The molecule has 0 radical (unpaired) electrons. The predicted octanol–water partition coefficient (Wildman–Crippen LogP) is -1.74. The molecule has 0 aliphatic carbocycles. The SMILES string of the molecule is O=C1OCC(O)[C@@H]1O. The van der Waals surface area contributed by atoms with Gasteiger partial charge in [-0.05, 0) is 0 Å². The summed E-state index contributed by atoms with van der Waals surface area (Å²) in [5.41, 5.74) is 0. The van der Waals surface area contributed by atoms with E-state index < -0.39 is 18.2 Å². The molecule has 2 atom stereocenters. The molecule has 0 aromatic rings. The Balaban J connectivity index is 2.56. The van der Waals surface area contributed by atoms with Gasteiger partial charge in [-0.25, -0.2) is 4.79 Å². The average Bonchev–Trinajstić information content (AvgIpc) is 1.98. The maximum absolute atomic E-state index is 10.2. The Labute approximate surface area is 45.7 Å². The van der Waals surface area contributed by atoms with Crippen molar-refractivity contribution >= 4 is 5.97 Å². The molecule has 8 heavy (non-hydrogen) atoms. The molecule has 0 spiro atoms. The highest BCUT2D eigenvalue weighted by atomic mass is 16.6. The highest BCUT2D eigenvalue weighted by molar-refractivity contribution is 5.77. The number of aliphatic hydroxyl groups is 2. The molecule has 1 aliphatic rings. The first-order valence-electron chi connectivity index (χ1n) is 2.24. The molecule has 1 saturated heterocycles. The zero-order chi connectivity index (χ0) is 6.15. The van der Waals surface area contributed by atoms with Crippen molar-refractivity contribution < 1.29 is 19.7 Å². The number of aliphatic hydroxyl groups excluding tert-OH is 2. The summed E-state index contributed by atoms with van der Waals surface area (Å²) in [5.74, 6) is -0.738. The molecule has 1 heterocycles. The summed E-state index contributed by atoms with van der Waals surface area (Å²) in [4.78, 5) is 10.2. The number of hydrogen-bond donors (Lipinski definition) is 2. The van der Waals surface area contributed by atoms with Gasteiger partial charge in [-0.15, -0.1) is 0 Å². The first kappa shape index (κ1) is 5.53. The summed E-state index contributed by atoms with van der Waals surface area (Å²) in [5, 5.41) is 17.1. The van der Waals surface area contributed by atoms with Crippen LogP contribution in [0.2, 0.25) is 0 Å². The van der Waals surface area contributed by atoms with Crippen LogP contribution in [-0.4, -0.2) is 35.0 Å². The molecular formula is C4H6O4. The number of cyclic esters (lactones) is 1. The van der Waals surface area contributed by atoms with Crippen LogP contribution in [0.25, 0.3) is 0 Å².